The van der Waals surface area contributed by atoms with Gasteiger partial charge < -0.3 is 5.32 Å². The zero-order chi connectivity index (χ0) is 9.97. The molecule has 0 bridgehead atoms. The average molecular weight is 259 g/mol. The third-order valence-electron chi connectivity index (χ3n) is 3.10. The molecule has 14 heavy (non-hydrogen) atoms. The first-order valence-electron chi connectivity index (χ1n) is 5.55. The van der Waals surface area contributed by atoms with Gasteiger partial charge in [-0.3, -0.25) is 4.90 Å². The molecule has 1 atom stereocenters. The minimum atomic E-state index is 0.740. The summed E-state index contributed by atoms with van der Waals surface area (Å²) in [6.07, 6.45) is 4.13. The second-order valence-corrected chi connectivity index (χ2v) is 5.63. The monoisotopic (exact) mass is 258 g/mol. The SMILES string of the molecule is C=C(Br)CN1CCCNC(C2CC2)C1. The molecule has 80 valence electrons. The Balaban J connectivity index is 1.86. The van der Waals surface area contributed by atoms with Gasteiger partial charge in [0.1, 0.15) is 0 Å². The molecular weight excluding hydrogens is 240 g/mol. The van der Waals surface area contributed by atoms with Gasteiger partial charge in [-0.2, -0.15) is 0 Å². The normalized spacial score (nSPS) is 29.9. The molecule has 1 saturated heterocycles. The predicted octanol–water partition coefficient (Wildman–Crippen LogP) is 1.97. The summed E-state index contributed by atoms with van der Waals surface area (Å²) in [5, 5.41) is 3.66. The molecule has 0 radical (unpaired) electrons. The van der Waals surface area contributed by atoms with Gasteiger partial charge in [-0.1, -0.05) is 22.5 Å². The Hall–Kier alpha value is 0.140. The number of nitrogens with zero attached hydrogens (tertiary/aromatic N) is 1. The standard InChI is InChI=1S/C11H19BrN2/c1-9(12)7-14-6-2-5-13-11(8-14)10-3-4-10/h10-11,13H,1-8H2. The van der Waals surface area contributed by atoms with Gasteiger partial charge in [-0.25, -0.2) is 0 Å². The number of hydrogen-bond acceptors (Lipinski definition) is 2. The van der Waals surface area contributed by atoms with Crippen molar-refractivity contribution in [1.29, 1.82) is 0 Å². The van der Waals surface area contributed by atoms with Crippen molar-refractivity contribution in [3.8, 4) is 0 Å². The highest BCUT2D eigenvalue weighted by molar-refractivity contribution is 9.11. The van der Waals surface area contributed by atoms with E-state index in [1.165, 1.54) is 38.9 Å². The van der Waals surface area contributed by atoms with E-state index in [0.29, 0.717) is 0 Å². The topological polar surface area (TPSA) is 15.3 Å². The maximum atomic E-state index is 3.92. The summed E-state index contributed by atoms with van der Waals surface area (Å²) < 4.78 is 1.11. The lowest BCUT2D eigenvalue weighted by molar-refractivity contribution is 0.282. The van der Waals surface area contributed by atoms with E-state index in [9.17, 15) is 0 Å². The van der Waals surface area contributed by atoms with Crippen LogP contribution in [0.5, 0.6) is 0 Å². The summed E-state index contributed by atoms with van der Waals surface area (Å²) in [4.78, 5) is 2.51. The van der Waals surface area contributed by atoms with Gasteiger partial charge in [0.15, 0.2) is 0 Å². The van der Waals surface area contributed by atoms with Crippen LogP contribution in [0, 0.1) is 5.92 Å². The van der Waals surface area contributed by atoms with Gasteiger partial charge in [0, 0.05) is 23.6 Å². The largest absolute Gasteiger partial charge is 0.312 e. The van der Waals surface area contributed by atoms with Gasteiger partial charge in [-0.15, -0.1) is 0 Å². The Kier molecular flexibility index (Phi) is 3.63. The van der Waals surface area contributed by atoms with E-state index in [4.69, 9.17) is 0 Å². The lowest BCUT2D eigenvalue weighted by atomic mass is 10.2. The first-order chi connectivity index (χ1) is 6.75. The summed E-state index contributed by atoms with van der Waals surface area (Å²) in [5.74, 6) is 0.958. The van der Waals surface area contributed by atoms with E-state index in [1.54, 1.807) is 0 Å². The number of halogens is 1. The molecule has 1 N–H and O–H groups in total. The molecule has 2 fully saturated rings. The number of rotatable bonds is 3. The van der Waals surface area contributed by atoms with E-state index >= 15 is 0 Å². The molecule has 1 heterocycles. The summed E-state index contributed by atoms with van der Waals surface area (Å²) in [5.41, 5.74) is 0. The van der Waals surface area contributed by atoms with Crippen LogP contribution < -0.4 is 5.32 Å². The lowest BCUT2D eigenvalue weighted by Gasteiger charge is -2.23. The molecule has 2 aliphatic rings. The first kappa shape index (κ1) is 10.7. The van der Waals surface area contributed by atoms with Crippen molar-refractivity contribution in [2.45, 2.75) is 25.3 Å². The summed E-state index contributed by atoms with van der Waals surface area (Å²) in [6.45, 7) is 8.52. The van der Waals surface area contributed by atoms with Crippen molar-refractivity contribution in [3.63, 3.8) is 0 Å². The number of nitrogens with one attached hydrogen (secondary N) is 1. The van der Waals surface area contributed by atoms with Crippen molar-refractivity contribution in [2.75, 3.05) is 26.2 Å². The van der Waals surface area contributed by atoms with Crippen molar-refractivity contribution in [1.82, 2.24) is 10.2 Å². The second-order valence-electron chi connectivity index (χ2n) is 4.50. The molecular formula is C11H19BrN2. The Morgan fingerprint density at radius 1 is 1.50 bits per heavy atom. The quantitative estimate of drug-likeness (QED) is 0.833. The van der Waals surface area contributed by atoms with Crippen molar-refractivity contribution in [3.05, 3.63) is 11.1 Å². The average Bonchev–Trinajstić information content (AvgIpc) is 2.86. The molecule has 1 saturated carbocycles. The van der Waals surface area contributed by atoms with Crippen molar-refractivity contribution in [2.24, 2.45) is 5.92 Å². The molecule has 0 spiro atoms. The van der Waals surface area contributed by atoms with Crippen LogP contribution in [0.25, 0.3) is 0 Å². The van der Waals surface area contributed by atoms with Crippen molar-refractivity contribution >= 4 is 15.9 Å². The van der Waals surface area contributed by atoms with Crippen molar-refractivity contribution < 1.29 is 0 Å². The van der Waals surface area contributed by atoms with Crippen LogP contribution >= 0.6 is 15.9 Å². The van der Waals surface area contributed by atoms with Gasteiger partial charge in [-0.05, 0) is 38.3 Å². The maximum Gasteiger partial charge on any atom is 0.0294 e. The van der Waals surface area contributed by atoms with E-state index in [-0.39, 0.29) is 0 Å². The molecule has 0 amide bonds. The molecule has 0 aromatic carbocycles. The highest BCUT2D eigenvalue weighted by Crippen LogP contribution is 2.33. The Bertz CT molecular complexity index is 213. The fourth-order valence-electron chi connectivity index (χ4n) is 2.22. The zero-order valence-corrected chi connectivity index (χ0v) is 10.2. The van der Waals surface area contributed by atoms with Gasteiger partial charge in [0.25, 0.3) is 0 Å². The van der Waals surface area contributed by atoms with Crippen LogP contribution in [0.2, 0.25) is 0 Å². The van der Waals surface area contributed by atoms with E-state index < -0.39 is 0 Å². The molecule has 1 aliphatic heterocycles. The van der Waals surface area contributed by atoms with Crippen LogP contribution in [0.1, 0.15) is 19.3 Å². The minimum absolute atomic E-state index is 0.740. The molecule has 1 aliphatic carbocycles. The Labute approximate surface area is 94.9 Å². The summed E-state index contributed by atoms with van der Waals surface area (Å²) in [7, 11) is 0. The smallest absolute Gasteiger partial charge is 0.0294 e. The maximum absolute atomic E-state index is 3.92. The molecule has 3 heteroatoms. The predicted molar refractivity (Wildman–Crippen MR) is 63.6 cm³/mol. The van der Waals surface area contributed by atoms with E-state index in [1.807, 2.05) is 0 Å². The first-order valence-corrected chi connectivity index (χ1v) is 6.34. The highest BCUT2D eigenvalue weighted by atomic mass is 79.9. The van der Waals surface area contributed by atoms with Crippen LogP contribution in [0.4, 0.5) is 0 Å². The summed E-state index contributed by atoms with van der Waals surface area (Å²) in [6, 6.07) is 0.740. The highest BCUT2D eigenvalue weighted by Gasteiger charge is 2.32. The van der Waals surface area contributed by atoms with Crippen LogP contribution in [-0.4, -0.2) is 37.1 Å². The van der Waals surface area contributed by atoms with Gasteiger partial charge in [0.2, 0.25) is 0 Å². The van der Waals surface area contributed by atoms with Crippen LogP contribution in [0.3, 0.4) is 0 Å². The fourth-order valence-corrected chi connectivity index (χ4v) is 2.58. The summed E-state index contributed by atoms with van der Waals surface area (Å²) >= 11 is 3.45. The minimum Gasteiger partial charge on any atom is -0.312 e. The molecule has 1 unspecified atom stereocenters. The molecule has 2 rings (SSSR count). The zero-order valence-electron chi connectivity index (χ0n) is 8.64. The fraction of sp³-hybridized carbons (Fsp3) is 0.818. The Morgan fingerprint density at radius 3 is 2.93 bits per heavy atom. The third kappa shape index (κ3) is 3.07. The van der Waals surface area contributed by atoms with Crippen LogP contribution in [-0.2, 0) is 0 Å². The van der Waals surface area contributed by atoms with E-state index in [0.717, 1.165) is 23.0 Å². The lowest BCUT2D eigenvalue weighted by Crippen LogP contribution is -2.39. The second kappa shape index (κ2) is 4.77. The molecule has 0 aromatic rings. The number of hydrogen-bond donors (Lipinski definition) is 1. The van der Waals surface area contributed by atoms with Crippen LogP contribution in [0.15, 0.2) is 11.1 Å². The van der Waals surface area contributed by atoms with Gasteiger partial charge in [0.05, 0.1) is 0 Å². The Morgan fingerprint density at radius 2 is 2.29 bits per heavy atom. The third-order valence-corrected chi connectivity index (χ3v) is 3.35. The molecule has 0 aromatic heterocycles. The van der Waals surface area contributed by atoms with E-state index in [2.05, 4.69) is 32.7 Å². The van der Waals surface area contributed by atoms with Gasteiger partial charge >= 0.3 is 0 Å². The molecule has 2 nitrogen and oxygen atoms in total.